The van der Waals surface area contributed by atoms with Gasteiger partial charge in [-0.1, -0.05) is 36.4 Å². The van der Waals surface area contributed by atoms with Crippen LogP contribution in [0.3, 0.4) is 0 Å². The second-order valence-corrected chi connectivity index (χ2v) is 9.40. The van der Waals surface area contributed by atoms with Crippen molar-refractivity contribution in [2.75, 3.05) is 24.1 Å². The number of rotatable bonds is 8. The van der Waals surface area contributed by atoms with Crippen molar-refractivity contribution >= 4 is 23.0 Å². The summed E-state index contributed by atoms with van der Waals surface area (Å²) in [5, 5.41) is 11.3. The van der Waals surface area contributed by atoms with Gasteiger partial charge in [-0.05, 0) is 73.0 Å². The molecule has 7 heteroatoms. The van der Waals surface area contributed by atoms with Gasteiger partial charge in [0.2, 0.25) is 0 Å². The molecular weight excluding hydrogens is 460 g/mol. The number of hydrogen-bond acceptors (Lipinski definition) is 6. The number of hydrogen-bond donors (Lipinski definition) is 3. The van der Waals surface area contributed by atoms with Gasteiger partial charge in [-0.3, -0.25) is 25.1 Å². The molecular formula is C30H30N6O. The Balaban J connectivity index is 1.27. The predicted octanol–water partition coefficient (Wildman–Crippen LogP) is 4.92. The molecule has 0 bridgehead atoms. The standard InChI is InChI=1S/C30H30N6O/c31-28-11-8-23(24-14-22(17-33-18-24)20-36-12-4-5-13-36)16-27(28)29(32)30(37)35-26-10-9-25(34-19-26)15-21-6-2-1-3-7-21/h1-3,6-11,14,16-19,32H,4-5,12-13,15,20,31H2,(H,35,37). The highest BCUT2D eigenvalue weighted by Gasteiger charge is 2.17. The summed E-state index contributed by atoms with van der Waals surface area (Å²) in [7, 11) is 0. The number of likely N-dealkylation sites (tertiary alicyclic amines) is 1. The Labute approximate surface area is 216 Å². The monoisotopic (exact) mass is 490 g/mol. The van der Waals surface area contributed by atoms with Gasteiger partial charge in [0.15, 0.2) is 0 Å². The van der Waals surface area contributed by atoms with Crippen LogP contribution in [0, 0.1) is 5.41 Å². The number of anilines is 2. The van der Waals surface area contributed by atoms with Crippen molar-refractivity contribution in [3.05, 3.63) is 108 Å². The van der Waals surface area contributed by atoms with Gasteiger partial charge in [-0.2, -0.15) is 0 Å². The lowest BCUT2D eigenvalue weighted by molar-refractivity contribution is -0.110. The molecule has 1 amide bonds. The van der Waals surface area contributed by atoms with Gasteiger partial charge in [-0.25, -0.2) is 0 Å². The van der Waals surface area contributed by atoms with Crippen molar-refractivity contribution in [2.45, 2.75) is 25.8 Å². The largest absolute Gasteiger partial charge is 0.398 e. The highest BCUT2D eigenvalue weighted by Crippen LogP contribution is 2.25. The molecule has 1 saturated heterocycles. The molecule has 37 heavy (non-hydrogen) atoms. The Morgan fingerprint density at radius 1 is 0.919 bits per heavy atom. The summed E-state index contributed by atoms with van der Waals surface area (Å²) in [6.45, 7) is 3.11. The average molecular weight is 491 g/mol. The van der Waals surface area contributed by atoms with Crippen molar-refractivity contribution in [2.24, 2.45) is 0 Å². The minimum absolute atomic E-state index is 0.200. The molecule has 0 unspecified atom stereocenters. The third kappa shape index (κ3) is 6.08. The van der Waals surface area contributed by atoms with E-state index in [9.17, 15) is 4.79 Å². The van der Waals surface area contributed by atoms with Crippen molar-refractivity contribution in [3.63, 3.8) is 0 Å². The Kier molecular flexibility index (Phi) is 7.33. The number of nitrogens with two attached hydrogens (primary N) is 1. The van der Waals surface area contributed by atoms with E-state index in [0.717, 1.165) is 42.0 Å². The summed E-state index contributed by atoms with van der Waals surface area (Å²) >= 11 is 0. The zero-order valence-electron chi connectivity index (χ0n) is 20.7. The number of carbonyl (C=O) groups is 1. The molecule has 186 valence electrons. The van der Waals surface area contributed by atoms with Crippen molar-refractivity contribution < 1.29 is 4.79 Å². The lowest BCUT2D eigenvalue weighted by Crippen LogP contribution is -2.24. The molecule has 2 aromatic heterocycles. The minimum atomic E-state index is -0.539. The number of benzene rings is 2. The third-order valence-electron chi connectivity index (χ3n) is 6.59. The van der Waals surface area contributed by atoms with Gasteiger partial charge in [-0.15, -0.1) is 0 Å². The van der Waals surface area contributed by atoms with Crippen LogP contribution in [0.4, 0.5) is 11.4 Å². The molecule has 2 aromatic carbocycles. The average Bonchev–Trinajstić information content (AvgIpc) is 3.43. The first-order valence-electron chi connectivity index (χ1n) is 12.5. The van der Waals surface area contributed by atoms with Crippen LogP contribution in [0.25, 0.3) is 11.1 Å². The highest BCUT2D eigenvalue weighted by molar-refractivity contribution is 6.48. The molecule has 1 aliphatic rings. The lowest BCUT2D eigenvalue weighted by Gasteiger charge is -2.15. The van der Waals surface area contributed by atoms with E-state index in [0.29, 0.717) is 23.4 Å². The summed E-state index contributed by atoms with van der Waals surface area (Å²) in [6.07, 6.45) is 8.51. The van der Waals surface area contributed by atoms with Crippen LogP contribution >= 0.6 is 0 Å². The molecule has 0 radical (unpaired) electrons. The first kappa shape index (κ1) is 24.3. The maximum atomic E-state index is 12.9. The number of carbonyl (C=O) groups excluding carboxylic acids is 1. The van der Waals surface area contributed by atoms with Gasteiger partial charge in [0, 0.05) is 47.9 Å². The second-order valence-electron chi connectivity index (χ2n) is 9.40. The number of pyridine rings is 2. The summed E-state index contributed by atoms with van der Waals surface area (Å²) in [5.74, 6) is -0.539. The zero-order valence-corrected chi connectivity index (χ0v) is 20.7. The third-order valence-corrected chi connectivity index (χ3v) is 6.59. The minimum Gasteiger partial charge on any atom is -0.398 e. The van der Waals surface area contributed by atoms with Gasteiger partial charge in [0.05, 0.1) is 11.9 Å². The summed E-state index contributed by atoms with van der Waals surface area (Å²) in [4.78, 5) is 24.2. The van der Waals surface area contributed by atoms with E-state index in [4.69, 9.17) is 11.1 Å². The number of aromatic nitrogens is 2. The smallest absolute Gasteiger partial charge is 0.274 e. The van der Waals surface area contributed by atoms with Crippen LogP contribution in [0.2, 0.25) is 0 Å². The highest BCUT2D eigenvalue weighted by atomic mass is 16.1. The topological polar surface area (TPSA) is 108 Å². The zero-order chi connectivity index (χ0) is 25.6. The number of nitrogens with zero attached hydrogens (tertiary/aromatic N) is 3. The van der Waals surface area contributed by atoms with Crippen LogP contribution in [0.5, 0.6) is 0 Å². The Bertz CT molecular complexity index is 1400. The van der Waals surface area contributed by atoms with E-state index >= 15 is 0 Å². The molecule has 0 spiro atoms. The lowest BCUT2D eigenvalue weighted by atomic mass is 9.99. The molecule has 7 nitrogen and oxygen atoms in total. The molecule has 4 N–H and O–H groups in total. The van der Waals surface area contributed by atoms with Crippen molar-refractivity contribution in [1.82, 2.24) is 14.9 Å². The Morgan fingerprint density at radius 2 is 1.73 bits per heavy atom. The molecule has 0 atom stereocenters. The van der Waals surface area contributed by atoms with E-state index in [2.05, 4.69) is 38.4 Å². The Hall–Kier alpha value is -4.36. The summed E-state index contributed by atoms with van der Waals surface area (Å²) in [6, 6.07) is 21.3. The molecule has 3 heterocycles. The summed E-state index contributed by atoms with van der Waals surface area (Å²) < 4.78 is 0. The SMILES string of the molecule is N=C(C(=O)Nc1ccc(Cc2ccccc2)nc1)c1cc(-c2cncc(CN3CCCC3)c2)ccc1N. The van der Waals surface area contributed by atoms with Gasteiger partial charge >= 0.3 is 0 Å². The van der Waals surface area contributed by atoms with Crippen LogP contribution in [0.15, 0.2) is 85.3 Å². The maximum absolute atomic E-state index is 12.9. The van der Waals surface area contributed by atoms with Gasteiger partial charge < -0.3 is 11.1 Å². The fourth-order valence-electron chi connectivity index (χ4n) is 4.61. The number of amides is 1. The number of nitrogens with one attached hydrogen (secondary N) is 2. The second kappa shape index (κ2) is 11.1. The van der Waals surface area contributed by atoms with E-state index < -0.39 is 5.91 Å². The van der Waals surface area contributed by atoms with Gasteiger partial charge in [0.25, 0.3) is 5.91 Å². The Morgan fingerprint density at radius 3 is 2.49 bits per heavy atom. The predicted molar refractivity (Wildman–Crippen MR) is 148 cm³/mol. The van der Waals surface area contributed by atoms with E-state index in [-0.39, 0.29) is 5.71 Å². The summed E-state index contributed by atoms with van der Waals surface area (Å²) in [5.41, 5.74) is 12.3. The van der Waals surface area contributed by atoms with E-state index in [1.807, 2.05) is 36.5 Å². The van der Waals surface area contributed by atoms with Crippen LogP contribution in [-0.2, 0) is 17.8 Å². The van der Waals surface area contributed by atoms with Crippen LogP contribution < -0.4 is 11.1 Å². The number of nitrogen functional groups attached to an aromatic ring is 1. The molecule has 1 aliphatic heterocycles. The fraction of sp³-hybridized carbons (Fsp3) is 0.200. The maximum Gasteiger partial charge on any atom is 0.274 e. The van der Waals surface area contributed by atoms with Crippen molar-refractivity contribution in [3.8, 4) is 11.1 Å². The van der Waals surface area contributed by atoms with Crippen LogP contribution in [-0.4, -0.2) is 39.6 Å². The molecule has 5 rings (SSSR count). The normalized spacial score (nSPS) is 13.4. The fourth-order valence-corrected chi connectivity index (χ4v) is 4.61. The van der Waals surface area contributed by atoms with E-state index in [1.54, 1.807) is 30.6 Å². The molecule has 1 fully saturated rings. The quantitative estimate of drug-likeness (QED) is 0.240. The van der Waals surface area contributed by atoms with E-state index in [1.165, 1.54) is 18.4 Å². The van der Waals surface area contributed by atoms with Crippen molar-refractivity contribution in [1.29, 1.82) is 5.41 Å². The molecule has 0 aliphatic carbocycles. The first-order chi connectivity index (χ1) is 18.0. The molecule has 4 aromatic rings. The van der Waals surface area contributed by atoms with Crippen LogP contribution in [0.1, 0.15) is 35.2 Å². The molecule has 0 saturated carbocycles. The van der Waals surface area contributed by atoms with Gasteiger partial charge in [0.1, 0.15) is 5.71 Å². The first-order valence-corrected chi connectivity index (χ1v) is 12.5.